The molecule has 0 aromatic heterocycles. The maximum absolute atomic E-state index is 9.13. The molecule has 0 aliphatic carbocycles. The summed E-state index contributed by atoms with van der Waals surface area (Å²) in [6.07, 6.45) is 1.49. The van der Waals surface area contributed by atoms with Crippen LogP contribution in [0.4, 0.5) is 0 Å². The van der Waals surface area contributed by atoms with Gasteiger partial charge < -0.3 is 14.6 Å². The lowest BCUT2D eigenvalue weighted by Gasteiger charge is -2.14. The molecule has 134 valence electrons. The molecule has 0 fully saturated rings. The summed E-state index contributed by atoms with van der Waals surface area (Å²) in [5.41, 5.74) is 3.34. The molecule has 0 aliphatic heterocycles. The number of aliphatic hydroxyl groups is 1. The molecule has 0 radical (unpaired) electrons. The SMILES string of the molecule is OCCCc1ccc(OCc2ccccc2)cc1OCc1ccccc1. The van der Waals surface area contributed by atoms with Gasteiger partial charge in [0.1, 0.15) is 24.7 Å². The van der Waals surface area contributed by atoms with Crippen LogP contribution in [-0.4, -0.2) is 11.7 Å². The van der Waals surface area contributed by atoms with Crippen LogP contribution in [-0.2, 0) is 19.6 Å². The van der Waals surface area contributed by atoms with Gasteiger partial charge in [-0.15, -0.1) is 0 Å². The van der Waals surface area contributed by atoms with E-state index in [1.807, 2.05) is 78.9 Å². The molecule has 0 aliphatic rings. The Morgan fingerprint density at radius 1 is 0.692 bits per heavy atom. The van der Waals surface area contributed by atoms with Crippen molar-refractivity contribution in [1.82, 2.24) is 0 Å². The third kappa shape index (κ3) is 5.36. The van der Waals surface area contributed by atoms with E-state index in [1.54, 1.807) is 0 Å². The van der Waals surface area contributed by atoms with Crippen LogP contribution in [0.15, 0.2) is 78.9 Å². The van der Waals surface area contributed by atoms with E-state index in [0.717, 1.165) is 34.6 Å². The standard InChI is InChI=1S/C23H24O3/c24-15-7-12-21-13-14-22(25-17-19-8-3-1-4-9-19)16-23(21)26-18-20-10-5-2-6-11-20/h1-6,8-11,13-14,16,24H,7,12,15,17-18H2. The van der Waals surface area contributed by atoms with E-state index in [4.69, 9.17) is 14.6 Å². The largest absolute Gasteiger partial charge is 0.489 e. The number of aliphatic hydroxyl groups excluding tert-OH is 1. The van der Waals surface area contributed by atoms with Crippen molar-refractivity contribution in [2.45, 2.75) is 26.1 Å². The molecular formula is C23H24O3. The van der Waals surface area contributed by atoms with Gasteiger partial charge in [-0.1, -0.05) is 66.7 Å². The smallest absolute Gasteiger partial charge is 0.126 e. The van der Waals surface area contributed by atoms with Crippen molar-refractivity contribution in [3.8, 4) is 11.5 Å². The maximum Gasteiger partial charge on any atom is 0.126 e. The first-order chi connectivity index (χ1) is 12.8. The monoisotopic (exact) mass is 348 g/mol. The zero-order valence-corrected chi connectivity index (χ0v) is 14.8. The van der Waals surface area contributed by atoms with Gasteiger partial charge in [-0.25, -0.2) is 0 Å². The Kier molecular flexibility index (Phi) is 6.68. The predicted octanol–water partition coefficient (Wildman–Crippen LogP) is 4.77. The van der Waals surface area contributed by atoms with Crippen molar-refractivity contribution in [3.63, 3.8) is 0 Å². The summed E-state index contributed by atoms with van der Waals surface area (Å²) >= 11 is 0. The highest BCUT2D eigenvalue weighted by Crippen LogP contribution is 2.27. The molecule has 0 atom stereocenters. The van der Waals surface area contributed by atoms with E-state index in [1.165, 1.54) is 0 Å². The third-order valence-electron chi connectivity index (χ3n) is 4.13. The lowest BCUT2D eigenvalue weighted by molar-refractivity contribution is 0.279. The van der Waals surface area contributed by atoms with Gasteiger partial charge >= 0.3 is 0 Å². The van der Waals surface area contributed by atoms with Crippen LogP contribution < -0.4 is 9.47 Å². The van der Waals surface area contributed by atoms with E-state index in [2.05, 4.69) is 0 Å². The summed E-state index contributed by atoms with van der Waals surface area (Å²) in [4.78, 5) is 0. The molecular weight excluding hydrogens is 324 g/mol. The molecule has 0 heterocycles. The Balaban J connectivity index is 1.70. The number of hydrogen-bond donors (Lipinski definition) is 1. The normalized spacial score (nSPS) is 10.5. The fourth-order valence-electron chi connectivity index (χ4n) is 2.71. The van der Waals surface area contributed by atoms with Crippen LogP contribution in [0, 0.1) is 0 Å². The molecule has 3 aromatic rings. The van der Waals surface area contributed by atoms with Gasteiger partial charge in [-0.2, -0.15) is 0 Å². The first kappa shape index (κ1) is 18.0. The quantitative estimate of drug-likeness (QED) is 0.605. The zero-order valence-electron chi connectivity index (χ0n) is 14.8. The molecule has 0 saturated heterocycles. The van der Waals surface area contributed by atoms with E-state index < -0.39 is 0 Å². The minimum absolute atomic E-state index is 0.171. The van der Waals surface area contributed by atoms with Gasteiger partial charge in [0.15, 0.2) is 0 Å². The molecule has 3 rings (SSSR count). The van der Waals surface area contributed by atoms with Crippen LogP contribution >= 0.6 is 0 Å². The van der Waals surface area contributed by atoms with E-state index in [0.29, 0.717) is 19.6 Å². The Bertz CT molecular complexity index is 785. The highest BCUT2D eigenvalue weighted by atomic mass is 16.5. The molecule has 3 aromatic carbocycles. The fraction of sp³-hybridized carbons (Fsp3) is 0.217. The second-order valence-corrected chi connectivity index (χ2v) is 6.15. The second-order valence-electron chi connectivity index (χ2n) is 6.15. The minimum atomic E-state index is 0.171. The second kappa shape index (κ2) is 9.64. The third-order valence-corrected chi connectivity index (χ3v) is 4.13. The van der Waals surface area contributed by atoms with Crippen molar-refractivity contribution in [1.29, 1.82) is 0 Å². The number of hydrogen-bond acceptors (Lipinski definition) is 3. The first-order valence-electron chi connectivity index (χ1n) is 8.92. The van der Waals surface area contributed by atoms with Crippen molar-refractivity contribution in [2.24, 2.45) is 0 Å². The van der Waals surface area contributed by atoms with E-state index >= 15 is 0 Å². The van der Waals surface area contributed by atoms with Gasteiger partial charge in [0.25, 0.3) is 0 Å². The first-order valence-corrected chi connectivity index (χ1v) is 8.92. The average molecular weight is 348 g/mol. The predicted molar refractivity (Wildman–Crippen MR) is 103 cm³/mol. The molecule has 3 heteroatoms. The summed E-state index contributed by atoms with van der Waals surface area (Å²) in [6, 6.07) is 26.1. The molecule has 26 heavy (non-hydrogen) atoms. The molecule has 3 nitrogen and oxygen atoms in total. The maximum atomic E-state index is 9.13. The highest BCUT2D eigenvalue weighted by molar-refractivity contribution is 5.41. The molecule has 0 amide bonds. The van der Waals surface area contributed by atoms with Crippen LogP contribution in [0.2, 0.25) is 0 Å². The van der Waals surface area contributed by atoms with Crippen LogP contribution in [0.1, 0.15) is 23.1 Å². The van der Waals surface area contributed by atoms with Gasteiger partial charge in [0.05, 0.1) is 0 Å². The van der Waals surface area contributed by atoms with Crippen molar-refractivity contribution < 1.29 is 14.6 Å². The number of aryl methyl sites for hydroxylation is 1. The Labute approximate surface area is 154 Å². The summed E-state index contributed by atoms with van der Waals surface area (Å²) in [5.74, 6) is 1.59. The Morgan fingerprint density at radius 2 is 1.31 bits per heavy atom. The van der Waals surface area contributed by atoms with Crippen molar-refractivity contribution >= 4 is 0 Å². The van der Waals surface area contributed by atoms with Gasteiger partial charge in [0, 0.05) is 12.7 Å². The summed E-state index contributed by atoms with van der Waals surface area (Å²) < 4.78 is 12.0. The molecule has 0 spiro atoms. The molecule has 0 bridgehead atoms. The molecule has 0 saturated carbocycles. The average Bonchev–Trinajstić information content (AvgIpc) is 2.71. The lowest BCUT2D eigenvalue weighted by Crippen LogP contribution is -2.01. The Morgan fingerprint density at radius 3 is 1.92 bits per heavy atom. The minimum Gasteiger partial charge on any atom is -0.489 e. The Hall–Kier alpha value is -2.78. The molecule has 1 N–H and O–H groups in total. The van der Waals surface area contributed by atoms with Gasteiger partial charge in [0.2, 0.25) is 0 Å². The topological polar surface area (TPSA) is 38.7 Å². The van der Waals surface area contributed by atoms with E-state index in [9.17, 15) is 0 Å². The van der Waals surface area contributed by atoms with Crippen molar-refractivity contribution in [3.05, 3.63) is 95.6 Å². The number of ether oxygens (including phenoxy) is 2. The van der Waals surface area contributed by atoms with E-state index in [-0.39, 0.29) is 6.61 Å². The van der Waals surface area contributed by atoms with Crippen LogP contribution in [0.5, 0.6) is 11.5 Å². The number of benzene rings is 3. The number of rotatable bonds is 9. The van der Waals surface area contributed by atoms with Crippen molar-refractivity contribution in [2.75, 3.05) is 6.61 Å². The zero-order chi connectivity index (χ0) is 18.0. The van der Waals surface area contributed by atoms with Gasteiger partial charge in [-0.3, -0.25) is 0 Å². The highest BCUT2D eigenvalue weighted by Gasteiger charge is 2.07. The fourth-order valence-corrected chi connectivity index (χ4v) is 2.71. The van der Waals surface area contributed by atoms with Crippen LogP contribution in [0.3, 0.4) is 0 Å². The summed E-state index contributed by atoms with van der Waals surface area (Å²) in [5, 5.41) is 9.13. The van der Waals surface area contributed by atoms with Crippen LogP contribution in [0.25, 0.3) is 0 Å². The molecule has 0 unspecified atom stereocenters. The summed E-state index contributed by atoms with van der Waals surface area (Å²) in [6.45, 7) is 1.20. The van der Waals surface area contributed by atoms with Gasteiger partial charge in [-0.05, 0) is 35.6 Å². The lowest BCUT2D eigenvalue weighted by atomic mass is 10.1. The summed E-state index contributed by atoms with van der Waals surface area (Å²) in [7, 11) is 0.